The Hall–Kier alpha value is -3.07. The van der Waals surface area contributed by atoms with Crippen LogP contribution in [0, 0.1) is 5.92 Å². The standard InChI is InChI=1S/C26H28O3/c1-19(2)25(23-12-14-24(28-3)15-13-23)26(27)29-18-22-11-7-10-21(17-22)16-20-8-5-4-6-9-20/h4-15,17,19,25H,16,18H2,1-3H3. The van der Waals surface area contributed by atoms with Crippen LogP contribution in [0.1, 0.15) is 42.0 Å². The van der Waals surface area contributed by atoms with E-state index in [0.29, 0.717) is 0 Å². The summed E-state index contributed by atoms with van der Waals surface area (Å²) in [5, 5.41) is 0. The molecule has 3 aromatic carbocycles. The summed E-state index contributed by atoms with van der Waals surface area (Å²) < 4.78 is 10.9. The third kappa shape index (κ3) is 5.71. The second-order valence-corrected chi connectivity index (χ2v) is 7.58. The summed E-state index contributed by atoms with van der Waals surface area (Å²) in [6, 6.07) is 26.2. The molecule has 0 radical (unpaired) electrons. The Kier molecular flexibility index (Phi) is 7.07. The van der Waals surface area contributed by atoms with E-state index in [1.54, 1.807) is 7.11 Å². The molecule has 0 saturated heterocycles. The molecular weight excluding hydrogens is 360 g/mol. The Morgan fingerprint density at radius 3 is 2.14 bits per heavy atom. The van der Waals surface area contributed by atoms with Crippen molar-refractivity contribution in [2.75, 3.05) is 7.11 Å². The number of methoxy groups -OCH3 is 1. The molecule has 3 rings (SSSR count). The van der Waals surface area contributed by atoms with E-state index in [1.165, 1.54) is 11.1 Å². The van der Waals surface area contributed by atoms with E-state index in [4.69, 9.17) is 9.47 Å². The van der Waals surface area contributed by atoms with Gasteiger partial charge in [0.25, 0.3) is 0 Å². The van der Waals surface area contributed by atoms with Crippen molar-refractivity contribution in [1.82, 2.24) is 0 Å². The van der Waals surface area contributed by atoms with Crippen LogP contribution in [0.2, 0.25) is 0 Å². The van der Waals surface area contributed by atoms with Crippen LogP contribution < -0.4 is 4.74 Å². The van der Waals surface area contributed by atoms with E-state index < -0.39 is 0 Å². The summed E-state index contributed by atoms with van der Waals surface area (Å²) >= 11 is 0. The molecule has 0 heterocycles. The highest BCUT2D eigenvalue weighted by Gasteiger charge is 2.25. The van der Waals surface area contributed by atoms with Crippen LogP contribution in [0.25, 0.3) is 0 Å². The van der Waals surface area contributed by atoms with Gasteiger partial charge in [-0.25, -0.2) is 0 Å². The fourth-order valence-corrected chi connectivity index (χ4v) is 3.51. The van der Waals surface area contributed by atoms with Gasteiger partial charge in [0.2, 0.25) is 0 Å². The van der Waals surface area contributed by atoms with E-state index in [-0.39, 0.29) is 24.4 Å². The Morgan fingerprint density at radius 2 is 1.48 bits per heavy atom. The fraction of sp³-hybridized carbons (Fsp3) is 0.269. The van der Waals surface area contributed by atoms with E-state index in [1.807, 2.05) is 68.4 Å². The van der Waals surface area contributed by atoms with E-state index in [0.717, 1.165) is 23.3 Å². The van der Waals surface area contributed by atoms with Gasteiger partial charge in [-0.15, -0.1) is 0 Å². The van der Waals surface area contributed by atoms with E-state index >= 15 is 0 Å². The first kappa shape index (κ1) is 20.7. The smallest absolute Gasteiger partial charge is 0.314 e. The maximum absolute atomic E-state index is 12.8. The summed E-state index contributed by atoms with van der Waals surface area (Å²) in [7, 11) is 1.63. The third-order valence-electron chi connectivity index (χ3n) is 5.02. The number of hydrogen-bond acceptors (Lipinski definition) is 3. The highest BCUT2D eigenvalue weighted by atomic mass is 16.5. The zero-order chi connectivity index (χ0) is 20.6. The third-order valence-corrected chi connectivity index (χ3v) is 5.02. The van der Waals surface area contributed by atoms with E-state index in [9.17, 15) is 4.79 Å². The van der Waals surface area contributed by atoms with Crippen molar-refractivity contribution >= 4 is 5.97 Å². The van der Waals surface area contributed by atoms with Gasteiger partial charge in [0.15, 0.2) is 0 Å². The van der Waals surface area contributed by atoms with Crippen LogP contribution >= 0.6 is 0 Å². The molecule has 3 heteroatoms. The highest BCUT2D eigenvalue weighted by molar-refractivity contribution is 5.78. The maximum Gasteiger partial charge on any atom is 0.314 e. The van der Waals surface area contributed by atoms with Crippen LogP contribution in [-0.2, 0) is 22.6 Å². The van der Waals surface area contributed by atoms with Crippen molar-refractivity contribution < 1.29 is 14.3 Å². The Labute approximate surface area is 173 Å². The number of carbonyl (C=O) groups excluding carboxylic acids is 1. The maximum atomic E-state index is 12.8. The first-order valence-electron chi connectivity index (χ1n) is 9.99. The summed E-state index contributed by atoms with van der Waals surface area (Å²) in [6.45, 7) is 4.36. The molecule has 0 spiro atoms. The quantitative estimate of drug-likeness (QED) is 0.460. The molecule has 150 valence electrons. The zero-order valence-electron chi connectivity index (χ0n) is 17.3. The second kappa shape index (κ2) is 9.92. The lowest BCUT2D eigenvalue weighted by Crippen LogP contribution is -2.20. The van der Waals surface area contributed by atoms with Crippen molar-refractivity contribution in [3.63, 3.8) is 0 Å². The fourth-order valence-electron chi connectivity index (χ4n) is 3.51. The van der Waals surface area contributed by atoms with Gasteiger partial charge in [0.1, 0.15) is 12.4 Å². The number of hydrogen-bond donors (Lipinski definition) is 0. The molecule has 0 aliphatic heterocycles. The summed E-state index contributed by atoms with van der Waals surface area (Å²) in [4.78, 5) is 12.8. The molecule has 0 aromatic heterocycles. The molecule has 0 aliphatic carbocycles. The topological polar surface area (TPSA) is 35.5 Å². The van der Waals surface area contributed by atoms with Gasteiger partial charge in [0, 0.05) is 0 Å². The number of rotatable bonds is 8. The van der Waals surface area contributed by atoms with Gasteiger partial charge >= 0.3 is 5.97 Å². The van der Waals surface area contributed by atoms with Crippen LogP contribution in [0.5, 0.6) is 5.75 Å². The van der Waals surface area contributed by atoms with Gasteiger partial charge < -0.3 is 9.47 Å². The van der Waals surface area contributed by atoms with Gasteiger partial charge in [0.05, 0.1) is 13.0 Å². The van der Waals surface area contributed by atoms with Crippen molar-refractivity contribution in [2.45, 2.75) is 32.8 Å². The number of ether oxygens (including phenoxy) is 2. The average Bonchev–Trinajstić information content (AvgIpc) is 2.74. The zero-order valence-corrected chi connectivity index (χ0v) is 17.3. The van der Waals surface area contributed by atoms with Crippen LogP contribution in [-0.4, -0.2) is 13.1 Å². The first-order valence-corrected chi connectivity index (χ1v) is 9.99. The lowest BCUT2D eigenvalue weighted by molar-refractivity contribution is -0.148. The molecule has 0 fully saturated rings. The molecule has 0 aliphatic rings. The van der Waals surface area contributed by atoms with Crippen molar-refractivity contribution in [1.29, 1.82) is 0 Å². The number of carbonyl (C=O) groups is 1. The monoisotopic (exact) mass is 388 g/mol. The molecule has 0 N–H and O–H groups in total. The van der Waals surface area contributed by atoms with Gasteiger partial charge in [-0.2, -0.15) is 0 Å². The minimum atomic E-state index is -0.298. The molecule has 1 unspecified atom stereocenters. The van der Waals surface area contributed by atoms with Crippen molar-refractivity contribution in [3.05, 3.63) is 101 Å². The van der Waals surface area contributed by atoms with Gasteiger partial charge in [-0.1, -0.05) is 80.6 Å². The van der Waals surface area contributed by atoms with Gasteiger partial charge in [-0.3, -0.25) is 4.79 Å². The van der Waals surface area contributed by atoms with E-state index in [2.05, 4.69) is 24.3 Å². The molecule has 1 atom stereocenters. The minimum absolute atomic E-state index is 0.139. The van der Waals surface area contributed by atoms with Crippen molar-refractivity contribution in [3.8, 4) is 5.75 Å². The molecule has 0 amide bonds. The van der Waals surface area contributed by atoms with Crippen LogP contribution in [0.4, 0.5) is 0 Å². The molecule has 0 bridgehead atoms. The SMILES string of the molecule is COc1ccc(C(C(=O)OCc2cccc(Cc3ccccc3)c2)C(C)C)cc1. The predicted molar refractivity (Wildman–Crippen MR) is 116 cm³/mol. The number of benzene rings is 3. The number of esters is 1. The Morgan fingerprint density at radius 1 is 0.828 bits per heavy atom. The lowest BCUT2D eigenvalue weighted by Gasteiger charge is -2.20. The first-order chi connectivity index (χ1) is 14.1. The minimum Gasteiger partial charge on any atom is -0.497 e. The average molecular weight is 389 g/mol. The van der Waals surface area contributed by atoms with Crippen molar-refractivity contribution in [2.24, 2.45) is 5.92 Å². The summed E-state index contributed by atoms with van der Waals surface area (Å²) in [6.07, 6.45) is 0.864. The Bertz CT molecular complexity index is 914. The lowest BCUT2D eigenvalue weighted by atomic mass is 9.88. The Balaban J connectivity index is 1.65. The largest absolute Gasteiger partial charge is 0.497 e. The summed E-state index contributed by atoms with van der Waals surface area (Å²) in [5.74, 6) is 0.423. The normalized spacial score (nSPS) is 11.9. The predicted octanol–water partition coefficient (Wildman–Crippen LogP) is 5.77. The summed E-state index contributed by atoms with van der Waals surface area (Å²) in [5.41, 5.74) is 4.42. The highest BCUT2D eigenvalue weighted by Crippen LogP contribution is 2.28. The molecule has 29 heavy (non-hydrogen) atoms. The van der Waals surface area contributed by atoms with Crippen LogP contribution in [0.3, 0.4) is 0 Å². The van der Waals surface area contributed by atoms with Crippen LogP contribution in [0.15, 0.2) is 78.9 Å². The molecule has 3 aromatic rings. The molecule has 0 saturated carbocycles. The molecule has 3 nitrogen and oxygen atoms in total. The van der Waals surface area contributed by atoms with Gasteiger partial charge in [-0.05, 0) is 46.7 Å². The molecular formula is C26H28O3. The second-order valence-electron chi connectivity index (χ2n) is 7.58.